The summed E-state index contributed by atoms with van der Waals surface area (Å²) >= 11 is 0. The van der Waals surface area contributed by atoms with E-state index in [9.17, 15) is 22.8 Å². The fourth-order valence-corrected chi connectivity index (χ4v) is 1.49. The second-order valence-electron chi connectivity index (χ2n) is 4.41. The maximum Gasteiger partial charge on any atom is 0.405 e. The number of alkyl halides is 3. The number of nitrogens with zero attached hydrogens (tertiary/aromatic N) is 1. The number of nitrogens with one attached hydrogen (secondary N) is 1. The lowest BCUT2D eigenvalue weighted by Gasteiger charge is -2.08. The zero-order valence-electron chi connectivity index (χ0n) is 12.5. The normalized spacial score (nSPS) is 11.4. The molecule has 6 nitrogen and oxygen atoms in total. The summed E-state index contributed by atoms with van der Waals surface area (Å²) < 4.78 is 45.3. The van der Waals surface area contributed by atoms with Crippen LogP contribution in [0, 0.1) is 11.3 Å². The molecule has 1 rings (SSSR count). The highest BCUT2D eigenvalue weighted by Crippen LogP contribution is 2.16. The lowest BCUT2D eigenvalue weighted by atomic mass is 10.1. The van der Waals surface area contributed by atoms with Gasteiger partial charge in [0.15, 0.2) is 6.61 Å². The summed E-state index contributed by atoms with van der Waals surface area (Å²) in [6.45, 7) is -2.46. The van der Waals surface area contributed by atoms with Crippen molar-refractivity contribution in [3.8, 4) is 11.8 Å². The minimum Gasteiger partial charge on any atom is -0.497 e. The fraction of sp³-hybridized carbons (Fsp3) is 0.267. The van der Waals surface area contributed by atoms with Crippen molar-refractivity contribution in [1.29, 1.82) is 5.26 Å². The lowest BCUT2D eigenvalue weighted by Crippen LogP contribution is -2.36. The van der Waals surface area contributed by atoms with Gasteiger partial charge in [-0.1, -0.05) is 12.1 Å². The number of hydrogen-bond donors (Lipinski definition) is 1. The first-order valence-corrected chi connectivity index (χ1v) is 6.51. The van der Waals surface area contributed by atoms with Gasteiger partial charge >= 0.3 is 12.1 Å². The molecule has 0 bridgehead atoms. The van der Waals surface area contributed by atoms with Crippen LogP contribution in [0.15, 0.2) is 29.8 Å². The van der Waals surface area contributed by atoms with Gasteiger partial charge in [0.2, 0.25) is 0 Å². The molecule has 0 aliphatic carbocycles. The number of hydrogen-bond acceptors (Lipinski definition) is 5. The van der Waals surface area contributed by atoms with Crippen LogP contribution in [0.2, 0.25) is 0 Å². The predicted molar refractivity (Wildman–Crippen MR) is 76.6 cm³/mol. The molecule has 0 radical (unpaired) electrons. The molecule has 128 valence electrons. The van der Waals surface area contributed by atoms with Gasteiger partial charge in [-0.05, 0) is 23.8 Å². The van der Waals surface area contributed by atoms with Crippen molar-refractivity contribution in [2.45, 2.75) is 6.18 Å². The summed E-state index contributed by atoms with van der Waals surface area (Å²) in [5.41, 5.74) is 0.0660. The topological polar surface area (TPSA) is 88.4 Å². The first-order chi connectivity index (χ1) is 11.2. The van der Waals surface area contributed by atoms with Crippen LogP contribution < -0.4 is 10.1 Å². The number of methoxy groups -OCH3 is 1. The Morgan fingerprint density at radius 1 is 1.38 bits per heavy atom. The van der Waals surface area contributed by atoms with Crippen molar-refractivity contribution >= 4 is 18.0 Å². The molecular weight excluding hydrogens is 329 g/mol. The van der Waals surface area contributed by atoms with Crippen molar-refractivity contribution in [2.24, 2.45) is 0 Å². The maximum atomic E-state index is 11.9. The van der Waals surface area contributed by atoms with E-state index in [1.54, 1.807) is 30.3 Å². The molecular formula is C15H13F3N2O4. The van der Waals surface area contributed by atoms with Crippen LogP contribution in [0.5, 0.6) is 5.75 Å². The summed E-state index contributed by atoms with van der Waals surface area (Å²) in [5, 5.41) is 10.5. The Balaban J connectivity index is 2.65. The number of halogens is 3. The van der Waals surface area contributed by atoms with E-state index in [1.165, 1.54) is 18.5 Å². The van der Waals surface area contributed by atoms with Crippen molar-refractivity contribution in [2.75, 3.05) is 20.3 Å². The Labute approximate surface area is 135 Å². The molecule has 0 unspecified atom stereocenters. The molecule has 0 spiro atoms. The summed E-state index contributed by atoms with van der Waals surface area (Å²) in [4.78, 5) is 22.8. The molecule has 0 heterocycles. The summed E-state index contributed by atoms with van der Waals surface area (Å²) in [7, 11) is 1.45. The van der Waals surface area contributed by atoms with Gasteiger partial charge in [-0.25, -0.2) is 4.79 Å². The van der Waals surface area contributed by atoms with E-state index >= 15 is 0 Å². The average molecular weight is 342 g/mol. The van der Waals surface area contributed by atoms with E-state index < -0.39 is 36.8 Å². The molecule has 0 aliphatic rings. The van der Waals surface area contributed by atoms with E-state index in [-0.39, 0.29) is 0 Å². The molecule has 1 N–H and O–H groups in total. The van der Waals surface area contributed by atoms with Crippen LogP contribution in [0.1, 0.15) is 5.56 Å². The van der Waals surface area contributed by atoms with Crippen LogP contribution in [0.3, 0.4) is 0 Å². The largest absolute Gasteiger partial charge is 0.497 e. The van der Waals surface area contributed by atoms with Crippen molar-refractivity contribution in [3.63, 3.8) is 0 Å². The highest BCUT2D eigenvalue weighted by molar-refractivity contribution is 5.98. The van der Waals surface area contributed by atoms with Gasteiger partial charge < -0.3 is 14.8 Å². The number of benzene rings is 1. The molecule has 0 saturated heterocycles. The standard InChI is InChI=1S/C15H13F3N2O4/c1-23-12-4-2-3-10(6-12)5-11(7-19)14(22)24-8-13(21)20-9-15(16,17)18/h2-6H,8-9H2,1H3,(H,20,21)/b11-5+. The minimum atomic E-state index is -4.57. The molecule has 0 saturated carbocycles. The Hall–Kier alpha value is -3.02. The monoisotopic (exact) mass is 342 g/mol. The van der Waals surface area contributed by atoms with E-state index in [0.717, 1.165) is 0 Å². The van der Waals surface area contributed by atoms with E-state index in [2.05, 4.69) is 4.74 Å². The zero-order valence-corrected chi connectivity index (χ0v) is 12.5. The first-order valence-electron chi connectivity index (χ1n) is 6.51. The average Bonchev–Trinajstić information content (AvgIpc) is 2.55. The van der Waals surface area contributed by atoms with Gasteiger partial charge in [0.25, 0.3) is 5.91 Å². The van der Waals surface area contributed by atoms with Gasteiger partial charge in [-0.15, -0.1) is 0 Å². The number of nitriles is 1. The number of amides is 1. The molecule has 0 aliphatic heterocycles. The summed E-state index contributed by atoms with van der Waals surface area (Å²) in [6, 6.07) is 8.05. The molecule has 9 heteroatoms. The Morgan fingerprint density at radius 2 is 2.08 bits per heavy atom. The van der Waals surface area contributed by atoms with E-state index in [0.29, 0.717) is 11.3 Å². The van der Waals surface area contributed by atoms with Crippen LogP contribution in [0.4, 0.5) is 13.2 Å². The second-order valence-corrected chi connectivity index (χ2v) is 4.41. The smallest absolute Gasteiger partial charge is 0.405 e. The molecule has 0 fully saturated rings. The van der Waals surface area contributed by atoms with Gasteiger partial charge in [0.05, 0.1) is 7.11 Å². The van der Waals surface area contributed by atoms with Gasteiger partial charge in [0.1, 0.15) is 23.9 Å². The number of carbonyl (C=O) groups excluding carboxylic acids is 2. The Bertz CT molecular complexity index is 678. The molecule has 1 amide bonds. The second kappa shape index (κ2) is 8.57. The van der Waals surface area contributed by atoms with E-state index in [4.69, 9.17) is 10.00 Å². The van der Waals surface area contributed by atoms with Gasteiger partial charge in [0, 0.05) is 0 Å². The number of carbonyl (C=O) groups is 2. The lowest BCUT2D eigenvalue weighted by molar-refractivity contribution is -0.148. The summed E-state index contributed by atoms with van der Waals surface area (Å²) in [6.07, 6.45) is -3.36. The highest BCUT2D eigenvalue weighted by Gasteiger charge is 2.27. The fourth-order valence-electron chi connectivity index (χ4n) is 1.49. The number of ether oxygens (including phenoxy) is 2. The van der Waals surface area contributed by atoms with E-state index in [1.807, 2.05) is 0 Å². The van der Waals surface area contributed by atoms with Crippen molar-refractivity contribution in [3.05, 3.63) is 35.4 Å². The molecule has 0 atom stereocenters. The number of esters is 1. The van der Waals surface area contributed by atoms with Crippen LogP contribution >= 0.6 is 0 Å². The number of rotatable bonds is 6. The Morgan fingerprint density at radius 3 is 2.67 bits per heavy atom. The third-order valence-electron chi connectivity index (χ3n) is 2.57. The van der Waals surface area contributed by atoms with Crippen LogP contribution in [0.25, 0.3) is 6.08 Å². The quantitative estimate of drug-likeness (QED) is 0.484. The molecule has 24 heavy (non-hydrogen) atoms. The molecule has 0 aromatic heterocycles. The third-order valence-corrected chi connectivity index (χ3v) is 2.57. The molecule has 1 aromatic carbocycles. The summed E-state index contributed by atoms with van der Waals surface area (Å²) in [5.74, 6) is -1.75. The Kier molecular flexibility index (Phi) is 6.79. The zero-order chi connectivity index (χ0) is 18.2. The highest BCUT2D eigenvalue weighted by atomic mass is 19.4. The SMILES string of the molecule is COc1cccc(/C=C(\C#N)C(=O)OCC(=O)NCC(F)(F)F)c1. The van der Waals surface area contributed by atoms with Crippen molar-refractivity contribution in [1.82, 2.24) is 5.32 Å². The first kappa shape index (κ1) is 19.0. The minimum absolute atomic E-state index is 0.410. The third kappa shape index (κ3) is 6.83. The predicted octanol–water partition coefficient (Wildman–Crippen LogP) is 1.82. The van der Waals surface area contributed by atoms with Crippen LogP contribution in [-0.2, 0) is 14.3 Å². The van der Waals surface area contributed by atoms with Gasteiger partial charge in [-0.2, -0.15) is 18.4 Å². The van der Waals surface area contributed by atoms with Crippen molar-refractivity contribution < 1.29 is 32.2 Å². The molecule has 1 aromatic rings. The van der Waals surface area contributed by atoms with Crippen LogP contribution in [-0.4, -0.2) is 38.3 Å². The van der Waals surface area contributed by atoms with Gasteiger partial charge in [-0.3, -0.25) is 4.79 Å². The maximum absolute atomic E-state index is 11.9.